The molecule has 3 atom stereocenters. The molecule has 2 N–H and O–H groups in total. The van der Waals surface area contributed by atoms with Crippen molar-refractivity contribution in [3.05, 3.63) is 23.8 Å². The molecule has 0 spiro atoms. The highest BCUT2D eigenvalue weighted by atomic mass is 32.2. The monoisotopic (exact) mass is 411 g/mol. The number of aliphatic carboxylic acids is 1. The van der Waals surface area contributed by atoms with Gasteiger partial charge < -0.3 is 14.6 Å². The molecule has 0 radical (unpaired) electrons. The van der Waals surface area contributed by atoms with Crippen LogP contribution in [0.3, 0.4) is 0 Å². The van der Waals surface area contributed by atoms with Crippen molar-refractivity contribution in [2.75, 3.05) is 5.75 Å². The summed E-state index contributed by atoms with van der Waals surface area (Å²) in [7, 11) is -3.76. The Morgan fingerprint density at radius 3 is 2.82 bits per heavy atom. The fourth-order valence-corrected chi connectivity index (χ4v) is 5.16. The summed E-state index contributed by atoms with van der Waals surface area (Å²) in [5, 5.41) is 9.46. The van der Waals surface area contributed by atoms with E-state index in [2.05, 4.69) is 11.6 Å². The molecule has 1 aromatic carbocycles. The number of unbranched alkanes of at least 4 members (excludes halogenated alkanes) is 4. The number of benzene rings is 1. The van der Waals surface area contributed by atoms with E-state index in [-0.39, 0.29) is 17.6 Å². The molecule has 3 unspecified atom stereocenters. The fourth-order valence-electron chi connectivity index (χ4n) is 3.99. The first kappa shape index (κ1) is 20.9. The molecule has 28 heavy (non-hydrogen) atoms. The molecule has 0 bridgehead atoms. The maximum atomic E-state index is 12.3. The average Bonchev–Trinajstić information content (AvgIpc) is 3.22. The standard InChI is InChI=1S/C20H29NO6S/c1-2-3-4-5-6-13-28(24,25)21-19(20(22)23)27-17-12-8-10-15-14-9-7-11-16(14)26-18(15)17/h8,10,12,14,16,19,21H,2-7,9,11,13H2,1H3,(H,22,23). The number of para-hydroxylation sites is 1. The molecule has 1 fully saturated rings. The van der Waals surface area contributed by atoms with Crippen molar-refractivity contribution in [3.8, 4) is 11.5 Å². The third kappa shape index (κ3) is 4.97. The normalized spacial score (nSPS) is 21.6. The molecule has 1 aliphatic heterocycles. The van der Waals surface area contributed by atoms with Gasteiger partial charge in [-0.2, -0.15) is 4.72 Å². The average molecular weight is 412 g/mol. The highest BCUT2D eigenvalue weighted by Crippen LogP contribution is 2.50. The number of ether oxygens (including phenoxy) is 2. The number of fused-ring (bicyclic) bond motifs is 3. The minimum atomic E-state index is -3.76. The van der Waals surface area contributed by atoms with Crippen LogP contribution in [-0.4, -0.2) is 37.6 Å². The van der Waals surface area contributed by atoms with Gasteiger partial charge in [0.05, 0.1) is 5.75 Å². The van der Waals surface area contributed by atoms with Gasteiger partial charge in [0, 0.05) is 11.5 Å². The number of nitrogens with one attached hydrogen (secondary N) is 1. The summed E-state index contributed by atoms with van der Waals surface area (Å²) in [5.41, 5.74) is 1.02. The lowest BCUT2D eigenvalue weighted by Crippen LogP contribution is -2.45. The maximum Gasteiger partial charge on any atom is 0.361 e. The van der Waals surface area contributed by atoms with Crippen molar-refractivity contribution in [2.45, 2.75) is 76.5 Å². The van der Waals surface area contributed by atoms with E-state index in [1.807, 2.05) is 6.07 Å². The Kier molecular flexibility index (Phi) is 6.82. The van der Waals surface area contributed by atoms with Crippen molar-refractivity contribution in [2.24, 2.45) is 0 Å². The zero-order valence-electron chi connectivity index (χ0n) is 16.2. The van der Waals surface area contributed by atoms with Crippen molar-refractivity contribution in [1.29, 1.82) is 0 Å². The van der Waals surface area contributed by atoms with Gasteiger partial charge in [0.25, 0.3) is 6.23 Å². The van der Waals surface area contributed by atoms with E-state index in [4.69, 9.17) is 9.47 Å². The second kappa shape index (κ2) is 9.13. The molecule has 8 heteroatoms. The van der Waals surface area contributed by atoms with E-state index < -0.39 is 22.2 Å². The van der Waals surface area contributed by atoms with Gasteiger partial charge in [0.2, 0.25) is 10.0 Å². The fraction of sp³-hybridized carbons (Fsp3) is 0.650. The van der Waals surface area contributed by atoms with E-state index in [0.717, 1.165) is 50.5 Å². The summed E-state index contributed by atoms with van der Waals surface area (Å²) >= 11 is 0. The van der Waals surface area contributed by atoms with Crippen molar-refractivity contribution >= 4 is 16.0 Å². The largest absolute Gasteiger partial charge is 0.486 e. The molecule has 2 aliphatic rings. The summed E-state index contributed by atoms with van der Waals surface area (Å²) in [6.45, 7) is 2.09. The first-order chi connectivity index (χ1) is 13.4. The Hall–Kier alpha value is -1.80. The molecule has 3 rings (SSSR count). The predicted octanol–water partition coefficient (Wildman–Crippen LogP) is 3.39. The predicted molar refractivity (Wildman–Crippen MR) is 105 cm³/mol. The van der Waals surface area contributed by atoms with Crippen LogP contribution in [0.15, 0.2) is 18.2 Å². The first-order valence-corrected chi connectivity index (χ1v) is 11.8. The number of rotatable bonds is 11. The lowest BCUT2D eigenvalue weighted by Gasteiger charge is -2.18. The second-order valence-electron chi connectivity index (χ2n) is 7.56. The van der Waals surface area contributed by atoms with Crippen LogP contribution in [0.4, 0.5) is 0 Å². The number of hydrogen-bond acceptors (Lipinski definition) is 5. The van der Waals surface area contributed by atoms with E-state index in [9.17, 15) is 18.3 Å². The van der Waals surface area contributed by atoms with Gasteiger partial charge in [0.15, 0.2) is 11.5 Å². The number of carboxylic acid groups (broad SMARTS) is 1. The Bertz CT molecular complexity index is 794. The van der Waals surface area contributed by atoms with Crippen molar-refractivity contribution < 1.29 is 27.8 Å². The molecule has 0 amide bonds. The molecular weight excluding hydrogens is 382 g/mol. The molecule has 156 valence electrons. The molecule has 1 aromatic rings. The molecule has 1 aliphatic carbocycles. The van der Waals surface area contributed by atoms with Gasteiger partial charge in [-0.25, -0.2) is 13.2 Å². The third-order valence-corrected chi connectivity index (χ3v) is 6.80. The minimum Gasteiger partial charge on any atom is -0.486 e. The number of carbonyl (C=O) groups is 1. The summed E-state index contributed by atoms with van der Waals surface area (Å²) in [6.07, 6.45) is 5.93. The van der Waals surface area contributed by atoms with Crippen LogP contribution in [0, 0.1) is 0 Å². The van der Waals surface area contributed by atoms with Crippen LogP contribution in [-0.2, 0) is 14.8 Å². The van der Waals surface area contributed by atoms with Crippen LogP contribution >= 0.6 is 0 Å². The van der Waals surface area contributed by atoms with Crippen molar-refractivity contribution in [1.82, 2.24) is 4.72 Å². The number of carboxylic acids is 1. The summed E-state index contributed by atoms with van der Waals surface area (Å²) in [4.78, 5) is 11.6. The van der Waals surface area contributed by atoms with Gasteiger partial charge >= 0.3 is 5.97 Å². The van der Waals surface area contributed by atoms with Crippen LogP contribution in [0.2, 0.25) is 0 Å². The van der Waals surface area contributed by atoms with Crippen LogP contribution in [0.25, 0.3) is 0 Å². The highest BCUT2D eigenvalue weighted by molar-refractivity contribution is 7.89. The lowest BCUT2D eigenvalue weighted by molar-refractivity contribution is -0.145. The molecule has 0 saturated heterocycles. The van der Waals surface area contributed by atoms with E-state index in [0.29, 0.717) is 18.1 Å². The van der Waals surface area contributed by atoms with E-state index in [1.165, 1.54) is 0 Å². The minimum absolute atomic E-state index is 0.0999. The lowest BCUT2D eigenvalue weighted by atomic mass is 9.97. The number of sulfonamides is 1. The van der Waals surface area contributed by atoms with Gasteiger partial charge in [-0.15, -0.1) is 0 Å². The zero-order valence-corrected chi connectivity index (χ0v) is 17.0. The van der Waals surface area contributed by atoms with Gasteiger partial charge in [0.1, 0.15) is 6.10 Å². The van der Waals surface area contributed by atoms with Crippen molar-refractivity contribution in [3.63, 3.8) is 0 Å². The zero-order chi connectivity index (χ0) is 20.1. The van der Waals surface area contributed by atoms with Gasteiger partial charge in [-0.05, 0) is 31.7 Å². The quantitative estimate of drug-likeness (QED) is 0.427. The van der Waals surface area contributed by atoms with Crippen LogP contribution in [0.5, 0.6) is 11.5 Å². The smallest absolute Gasteiger partial charge is 0.361 e. The summed E-state index contributed by atoms with van der Waals surface area (Å²) < 4.78 is 38.3. The highest BCUT2D eigenvalue weighted by Gasteiger charge is 2.40. The molecule has 1 heterocycles. The molecule has 0 aromatic heterocycles. The summed E-state index contributed by atoms with van der Waals surface area (Å²) in [5.74, 6) is -0.378. The van der Waals surface area contributed by atoms with Crippen LogP contribution in [0.1, 0.15) is 69.8 Å². The molecular formula is C20H29NO6S. The maximum absolute atomic E-state index is 12.3. The molecule has 7 nitrogen and oxygen atoms in total. The van der Waals surface area contributed by atoms with E-state index in [1.54, 1.807) is 12.1 Å². The SMILES string of the molecule is CCCCCCCS(=O)(=O)NC(Oc1cccc2c1OC1CCCC21)C(=O)O. The first-order valence-electron chi connectivity index (χ1n) is 10.1. The Morgan fingerprint density at radius 1 is 1.29 bits per heavy atom. The summed E-state index contributed by atoms with van der Waals surface area (Å²) in [6, 6.07) is 5.38. The van der Waals surface area contributed by atoms with Gasteiger partial charge in [-0.1, -0.05) is 44.7 Å². The third-order valence-electron chi connectivity index (χ3n) is 5.40. The Labute approximate surface area is 166 Å². The Morgan fingerprint density at radius 2 is 2.07 bits per heavy atom. The topological polar surface area (TPSA) is 102 Å². The Balaban J connectivity index is 1.65. The van der Waals surface area contributed by atoms with E-state index >= 15 is 0 Å². The van der Waals surface area contributed by atoms with Crippen LogP contribution < -0.4 is 14.2 Å². The molecule has 1 saturated carbocycles. The number of hydrogen-bond donors (Lipinski definition) is 2. The second-order valence-corrected chi connectivity index (χ2v) is 9.43. The van der Waals surface area contributed by atoms with Gasteiger partial charge in [-0.3, -0.25) is 0 Å².